The molecular weight excluding hydrogens is 603 g/mol. The third-order valence-electron chi connectivity index (χ3n) is 4.63. The van der Waals surface area contributed by atoms with Crippen LogP contribution in [0.4, 0.5) is 20.3 Å². The quantitative estimate of drug-likeness (QED) is 0.215. The van der Waals surface area contributed by atoms with Gasteiger partial charge in [-0.1, -0.05) is 12.1 Å². The van der Waals surface area contributed by atoms with E-state index in [4.69, 9.17) is 14.2 Å². The number of imide groups is 1. The van der Waals surface area contributed by atoms with Gasteiger partial charge in [-0.3, -0.25) is 0 Å². The minimum atomic E-state index is -0.992. The van der Waals surface area contributed by atoms with Crippen LogP contribution in [0, 0.1) is 3.57 Å². The van der Waals surface area contributed by atoms with Crippen molar-refractivity contribution in [2.24, 2.45) is 0 Å². The zero-order chi connectivity index (χ0) is 28.6. The van der Waals surface area contributed by atoms with Crippen molar-refractivity contribution in [2.45, 2.75) is 79.1 Å². The van der Waals surface area contributed by atoms with Gasteiger partial charge in [-0.05, 0) is 103 Å². The summed E-state index contributed by atoms with van der Waals surface area (Å²) in [6.07, 6.45) is 0.359. The molecule has 3 rings (SSSR count). The summed E-state index contributed by atoms with van der Waals surface area (Å²) in [7, 11) is 0. The van der Waals surface area contributed by atoms with Crippen molar-refractivity contribution in [3.8, 4) is 11.1 Å². The van der Waals surface area contributed by atoms with E-state index < -0.39 is 35.1 Å². The summed E-state index contributed by atoms with van der Waals surface area (Å²) in [6, 6.07) is 7.61. The van der Waals surface area contributed by atoms with E-state index in [2.05, 4.69) is 32.6 Å². The minimum absolute atomic E-state index is 0.255. The third kappa shape index (κ3) is 7.42. The lowest BCUT2D eigenvalue weighted by Gasteiger charge is -2.27. The van der Waals surface area contributed by atoms with Gasteiger partial charge in [0.25, 0.3) is 0 Å². The van der Waals surface area contributed by atoms with E-state index in [-0.39, 0.29) is 5.95 Å². The van der Waals surface area contributed by atoms with Crippen LogP contribution in [0.2, 0.25) is 0 Å². The summed E-state index contributed by atoms with van der Waals surface area (Å²) in [5.41, 5.74) is -0.504. The maximum atomic E-state index is 13.1. The second-order valence-electron chi connectivity index (χ2n) is 11.6. The number of aromatic nitrogens is 3. The number of ether oxygens (including phenoxy) is 3. The predicted octanol–water partition coefficient (Wildman–Crippen LogP) is 7.16. The van der Waals surface area contributed by atoms with Crippen molar-refractivity contribution >= 4 is 57.9 Å². The Labute approximate surface area is 235 Å². The number of nitrogens with zero attached hydrogens (tertiary/aromatic N) is 4. The smallest absolute Gasteiger partial charge is 0.427 e. The fourth-order valence-corrected chi connectivity index (χ4v) is 3.62. The van der Waals surface area contributed by atoms with Crippen LogP contribution >= 0.6 is 22.6 Å². The lowest BCUT2D eigenvalue weighted by atomic mass is 10.1. The van der Waals surface area contributed by atoms with Crippen molar-refractivity contribution in [1.82, 2.24) is 14.5 Å². The lowest BCUT2D eigenvalue weighted by Crippen LogP contribution is -2.44. The summed E-state index contributed by atoms with van der Waals surface area (Å²) in [4.78, 5) is 48.8. The maximum absolute atomic E-state index is 13.1. The standard InChI is InChI=1S/C27H33IN4O6/c1-25(2,3)36-22(33)31-15-18(16-10-12-17(28)13-11-16)20-19(31)14-29-21(30-20)32(23(34)37-26(4,5)6)24(35)38-27(7,8)9/h10-15H,1-9H3. The van der Waals surface area contributed by atoms with Gasteiger partial charge in [0.1, 0.15) is 22.3 Å². The van der Waals surface area contributed by atoms with Gasteiger partial charge in [-0.25, -0.2) is 28.9 Å². The maximum Gasteiger partial charge on any atom is 0.427 e. The molecule has 0 aliphatic heterocycles. The van der Waals surface area contributed by atoms with Gasteiger partial charge in [0, 0.05) is 15.3 Å². The highest BCUT2D eigenvalue weighted by atomic mass is 127. The molecule has 204 valence electrons. The van der Waals surface area contributed by atoms with E-state index in [1.165, 1.54) is 10.8 Å². The summed E-state index contributed by atoms with van der Waals surface area (Å²) < 4.78 is 18.8. The molecule has 0 unspecified atom stereocenters. The van der Waals surface area contributed by atoms with Crippen molar-refractivity contribution < 1.29 is 28.6 Å². The average Bonchev–Trinajstić information content (AvgIpc) is 3.10. The number of anilines is 1. The fraction of sp³-hybridized carbons (Fsp3) is 0.444. The van der Waals surface area contributed by atoms with Crippen LogP contribution in [0.3, 0.4) is 0 Å². The number of carbonyl (C=O) groups is 3. The first kappa shape index (κ1) is 29.3. The van der Waals surface area contributed by atoms with E-state index >= 15 is 0 Å². The average molecular weight is 636 g/mol. The van der Waals surface area contributed by atoms with Gasteiger partial charge >= 0.3 is 18.3 Å². The van der Waals surface area contributed by atoms with Gasteiger partial charge in [-0.2, -0.15) is 0 Å². The molecule has 3 aromatic rings. The minimum Gasteiger partial charge on any atom is -0.443 e. The lowest BCUT2D eigenvalue weighted by molar-refractivity contribution is 0.0425. The molecule has 0 atom stereocenters. The highest BCUT2D eigenvalue weighted by Crippen LogP contribution is 2.32. The van der Waals surface area contributed by atoms with Crippen molar-refractivity contribution in [3.05, 3.63) is 40.2 Å². The highest BCUT2D eigenvalue weighted by molar-refractivity contribution is 14.1. The molecule has 11 heteroatoms. The second-order valence-corrected chi connectivity index (χ2v) is 12.8. The van der Waals surface area contributed by atoms with Crippen molar-refractivity contribution in [1.29, 1.82) is 0 Å². The molecule has 38 heavy (non-hydrogen) atoms. The van der Waals surface area contributed by atoms with Crippen molar-refractivity contribution in [3.63, 3.8) is 0 Å². The summed E-state index contributed by atoms with van der Waals surface area (Å²) >= 11 is 2.20. The Morgan fingerprint density at radius 2 is 1.32 bits per heavy atom. The van der Waals surface area contributed by atoms with Crippen LogP contribution in [0.15, 0.2) is 36.7 Å². The topological polar surface area (TPSA) is 113 Å². The first-order chi connectivity index (χ1) is 17.3. The molecule has 1 aromatic carbocycles. The number of halogens is 1. The molecule has 0 radical (unpaired) electrons. The molecule has 10 nitrogen and oxygen atoms in total. The Kier molecular flexibility index (Phi) is 8.11. The molecule has 0 fully saturated rings. The molecule has 0 bridgehead atoms. The van der Waals surface area contributed by atoms with E-state index in [1.54, 1.807) is 68.5 Å². The van der Waals surface area contributed by atoms with Crippen LogP contribution in [0.5, 0.6) is 0 Å². The Hall–Kier alpha value is -3.22. The Balaban J connectivity index is 2.23. The Bertz CT molecular complexity index is 1330. The monoisotopic (exact) mass is 636 g/mol. The highest BCUT2D eigenvalue weighted by Gasteiger charge is 2.35. The SMILES string of the molecule is CC(C)(C)OC(=O)N(C(=O)OC(C)(C)C)c1ncc2c(n1)c(-c1ccc(I)cc1)cn2C(=O)OC(C)(C)C. The molecule has 0 saturated heterocycles. The molecule has 2 heterocycles. The predicted molar refractivity (Wildman–Crippen MR) is 152 cm³/mol. The first-order valence-corrected chi connectivity index (χ1v) is 13.1. The number of rotatable bonds is 2. The summed E-state index contributed by atoms with van der Waals surface area (Å²) in [5.74, 6) is -0.255. The zero-order valence-electron chi connectivity index (χ0n) is 23.1. The Morgan fingerprint density at radius 1 is 0.816 bits per heavy atom. The van der Waals surface area contributed by atoms with Gasteiger partial charge < -0.3 is 14.2 Å². The normalized spacial score (nSPS) is 12.3. The zero-order valence-corrected chi connectivity index (χ0v) is 25.2. The van der Waals surface area contributed by atoms with E-state index in [9.17, 15) is 14.4 Å². The molecule has 2 aromatic heterocycles. The van der Waals surface area contributed by atoms with E-state index in [0.29, 0.717) is 21.5 Å². The third-order valence-corrected chi connectivity index (χ3v) is 5.35. The van der Waals surface area contributed by atoms with Gasteiger partial charge in [0.15, 0.2) is 0 Å². The van der Waals surface area contributed by atoms with Crippen LogP contribution in [-0.4, -0.2) is 49.6 Å². The van der Waals surface area contributed by atoms with Crippen LogP contribution in [0.25, 0.3) is 22.2 Å². The van der Waals surface area contributed by atoms with E-state index in [1.807, 2.05) is 24.3 Å². The number of hydrogen-bond donors (Lipinski definition) is 0. The molecule has 0 saturated carbocycles. The number of benzene rings is 1. The fourth-order valence-electron chi connectivity index (χ4n) is 3.26. The number of amides is 2. The van der Waals surface area contributed by atoms with Gasteiger partial charge in [-0.15, -0.1) is 4.90 Å². The summed E-state index contributed by atoms with van der Waals surface area (Å²) in [5, 5.41) is 0. The van der Waals surface area contributed by atoms with Crippen molar-refractivity contribution in [2.75, 3.05) is 4.90 Å². The Morgan fingerprint density at radius 3 is 1.79 bits per heavy atom. The number of hydrogen-bond acceptors (Lipinski definition) is 8. The van der Waals surface area contributed by atoms with E-state index in [0.717, 1.165) is 9.13 Å². The molecular formula is C27H33IN4O6. The molecule has 0 spiro atoms. The van der Waals surface area contributed by atoms with Crippen LogP contribution in [0.1, 0.15) is 62.3 Å². The van der Waals surface area contributed by atoms with Crippen LogP contribution in [-0.2, 0) is 14.2 Å². The van der Waals surface area contributed by atoms with Gasteiger partial charge in [0.2, 0.25) is 5.95 Å². The molecule has 0 aliphatic rings. The first-order valence-electron chi connectivity index (χ1n) is 12.0. The summed E-state index contributed by atoms with van der Waals surface area (Å²) in [6.45, 7) is 15.4. The number of carbonyl (C=O) groups excluding carboxylic acids is 3. The molecule has 0 N–H and O–H groups in total. The van der Waals surface area contributed by atoms with Crippen LogP contribution < -0.4 is 4.90 Å². The second kappa shape index (κ2) is 10.5. The molecule has 0 aliphatic carbocycles. The van der Waals surface area contributed by atoms with Gasteiger partial charge in [0.05, 0.1) is 11.7 Å². The number of fused-ring (bicyclic) bond motifs is 1. The largest absolute Gasteiger partial charge is 0.443 e. The molecule has 2 amide bonds.